The molecular formula is C32H37F3N4O2. The van der Waals surface area contributed by atoms with Gasteiger partial charge < -0.3 is 19.9 Å². The molecular weight excluding hydrogens is 529 g/mol. The molecule has 2 aromatic carbocycles. The summed E-state index contributed by atoms with van der Waals surface area (Å²) in [5.74, 6) is 2.23. The quantitative estimate of drug-likeness (QED) is 0.336. The lowest BCUT2D eigenvalue weighted by Crippen LogP contribution is -2.54. The molecule has 1 N–H and O–H groups in total. The van der Waals surface area contributed by atoms with Crippen molar-refractivity contribution in [2.45, 2.75) is 51.9 Å². The molecule has 1 amide bonds. The number of halogens is 3. The number of rotatable bonds is 8. The molecule has 1 saturated carbocycles. The number of anilines is 1. The molecule has 2 atom stereocenters. The average Bonchev–Trinajstić information content (AvgIpc) is 3.43. The Kier molecular flexibility index (Phi) is 8.54. The van der Waals surface area contributed by atoms with Gasteiger partial charge in [0.15, 0.2) is 0 Å². The highest BCUT2D eigenvalue weighted by Crippen LogP contribution is 2.46. The Morgan fingerprint density at radius 3 is 2.37 bits per heavy atom. The van der Waals surface area contributed by atoms with Crippen LogP contribution in [0.5, 0.6) is 11.5 Å². The van der Waals surface area contributed by atoms with Crippen LogP contribution in [0.1, 0.15) is 44.2 Å². The first-order chi connectivity index (χ1) is 19.6. The predicted molar refractivity (Wildman–Crippen MR) is 153 cm³/mol. The standard InChI is InChI=1S/C32H37F3N4O2/c1-23(2)31(30(40)39-18-16-38(17-19-39)29-20-25(13-15-36-29)32(33,34)35)14-12-26(21-31)37-22-24-8-10-28(11-9-24)41-27-6-4-3-5-7-27/h3-11,13,15,20,23,26,37H,12,14,16-19,21-22H2,1-2H3/t26-,31+/m0/s1. The number of hydrogen-bond donors (Lipinski definition) is 1. The Bertz CT molecular complexity index is 1310. The Morgan fingerprint density at radius 1 is 1.02 bits per heavy atom. The molecule has 3 aromatic rings. The van der Waals surface area contributed by atoms with Gasteiger partial charge in [0.05, 0.1) is 11.0 Å². The second-order valence-corrected chi connectivity index (χ2v) is 11.4. The van der Waals surface area contributed by atoms with Gasteiger partial charge in [-0.1, -0.05) is 44.2 Å². The van der Waals surface area contributed by atoms with Crippen LogP contribution >= 0.6 is 0 Å². The fraction of sp³-hybridized carbons (Fsp3) is 0.438. The third-order valence-corrected chi connectivity index (χ3v) is 8.54. The second-order valence-electron chi connectivity index (χ2n) is 11.4. The Labute approximate surface area is 239 Å². The van der Waals surface area contributed by atoms with Crippen molar-refractivity contribution in [1.82, 2.24) is 15.2 Å². The van der Waals surface area contributed by atoms with Gasteiger partial charge in [0, 0.05) is 45.0 Å². The van der Waals surface area contributed by atoms with Gasteiger partial charge in [-0.2, -0.15) is 13.2 Å². The maximum absolute atomic E-state index is 13.9. The summed E-state index contributed by atoms with van der Waals surface area (Å²) in [7, 11) is 0. The first-order valence-corrected chi connectivity index (χ1v) is 14.3. The van der Waals surface area contributed by atoms with Crippen LogP contribution in [0.3, 0.4) is 0 Å². The molecule has 1 aliphatic carbocycles. The van der Waals surface area contributed by atoms with Crippen LogP contribution in [0.4, 0.5) is 19.0 Å². The summed E-state index contributed by atoms with van der Waals surface area (Å²) >= 11 is 0. The number of alkyl halides is 3. The van der Waals surface area contributed by atoms with E-state index in [9.17, 15) is 18.0 Å². The molecule has 1 saturated heterocycles. The zero-order chi connectivity index (χ0) is 29.0. The van der Waals surface area contributed by atoms with E-state index in [4.69, 9.17) is 4.74 Å². The number of nitrogens with zero attached hydrogens (tertiary/aromatic N) is 3. The summed E-state index contributed by atoms with van der Waals surface area (Å²) < 4.78 is 45.4. The monoisotopic (exact) mass is 566 g/mol. The number of pyridine rings is 1. The zero-order valence-electron chi connectivity index (χ0n) is 23.5. The van der Waals surface area contributed by atoms with Gasteiger partial charge in [0.2, 0.25) is 5.91 Å². The van der Waals surface area contributed by atoms with Crippen molar-refractivity contribution >= 4 is 11.7 Å². The maximum Gasteiger partial charge on any atom is 0.416 e. The molecule has 9 heteroatoms. The number of piperazine rings is 1. The fourth-order valence-electron chi connectivity index (χ4n) is 6.00. The van der Waals surface area contributed by atoms with E-state index in [-0.39, 0.29) is 17.9 Å². The van der Waals surface area contributed by atoms with Crippen molar-refractivity contribution in [3.05, 3.63) is 84.1 Å². The minimum Gasteiger partial charge on any atom is -0.457 e. The molecule has 6 nitrogen and oxygen atoms in total. The van der Waals surface area contributed by atoms with Crippen LogP contribution in [-0.4, -0.2) is 48.0 Å². The number of carbonyl (C=O) groups excluding carboxylic acids is 1. The van der Waals surface area contributed by atoms with Gasteiger partial charge in [-0.3, -0.25) is 4.79 Å². The molecule has 2 heterocycles. The zero-order valence-corrected chi connectivity index (χ0v) is 23.5. The number of ether oxygens (including phenoxy) is 1. The van der Waals surface area contributed by atoms with Crippen molar-refractivity contribution in [1.29, 1.82) is 0 Å². The molecule has 1 aliphatic heterocycles. The number of benzene rings is 2. The van der Waals surface area contributed by atoms with E-state index < -0.39 is 17.2 Å². The molecule has 218 valence electrons. The van der Waals surface area contributed by atoms with Gasteiger partial charge >= 0.3 is 6.18 Å². The molecule has 2 fully saturated rings. The van der Waals surface area contributed by atoms with E-state index in [2.05, 4.69) is 36.3 Å². The molecule has 0 unspecified atom stereocenters. The highest BCUT2D eigenvalue weighted by atomic mass is 19.4. The lowest BCUT2D eigenvalue weighted by atomic mass is 9.74. The van der Waals surface area contributed by atoms with Gasteiger partial charge in [-0.05, 0) is 67.1 Å². The van der Waals surface area contributed by atoms with Crippen molar-refractivity contribution < 1.29 is 22.7 Å². The van der Waals surface area contributed by atoms with E-state index in [0.29, 0.717) is 38.5 Å². The van der Waals surface area contributed by atoms with Crippen molar-refractivity contribution in [2.75, 3.05) is 31.1 Å². The Hall–Kier alpha value is -3.59. The van der Waals surface area contributed by atoms with Crippen LogP contribution in [0.2, 0.25) is 0 Å². The summed E-state index contributed by atoms with van der Waals surface area (Å²) in [6.07, 6.45) is -0.698. The van der Waals surface area contributed by atoms with Crippen molar-refractivity contribution in [2.24, 2.45) is 11.3 Å². The summed E-state index contributed by atoms with van der Waals surface area (Å²) in [4.78, 5) is 21.8. The number of amides is 1. The summed E-state index contributed by atoms with van der Waals surface area (Å²) in [6, 6.07) is 20.0. The van der Waals surface area contributed by atoms with E-state index >= 15 is 0 Å². The highest BCUT2D eigenvalue weighted by molar-refractivity contribution is 5.84. The summed E-state index contributed by atoms with van der Waals surface area (Å²) in [5, 5.41) is 3.66. The number of nitrogens with one attached hydrogen (secondary N) is 1. The predicted octanol–water partition coefficient (Wildman–Crippen LogP) is 6.53. The van der Waals surface area contributed by atoms with Gasteiger partial charge in [0.25, 0.3) is 0 Å². The molecule has 1 aromatic heterocycles. The van der Waals surface area contributed by atoms with Gasteiger partial charge in [-0.15, -0.1) is 0 Å². The molecule has 5 rings (SSSR count). The van der Waals surface area contributed by atoms with E-state index in [0.717, 1.165) is 48.5 Å². The number of carbonyl (C=O) groups is 1. The Morgan fingerprint density at radius 2 is 1.71 bits per heavy atom. The van der Waals surface area contributed by atoms with E-state index in [1.165, 1.54) is 6.20 Å². The van der Waals surface area contributed by atoms with E-state index in [1.54, 1.807) is 0 Å². The van der Waals surface area contributed by atoms with Crippen LogP contribution in [0, 0.1) is 11.3 Å². The van der Waals surface area contributed by atoms with Crippen LogP contribution < -0.4 is 15.0 Å². The summed E-state index contributed by atoms with van der Waals surface area (Å²) in [6.45, 7) is 6.81. The minimum absolute atomic E-state index is 0.163. The third-order valence-electron chi connectivity index (χ3n) is 8.54. The third kappa shape index (κ3) is 6.67. The first-order valence-electron chi connectivity index (χ1n) is 14.3. The lowest BCUT2D eigenvalue weighted by Gasteiger charge is -2.42. The van der Waals surface area contributed by atoms with Crippen LogP contribution in [0.25, 0.3) is 0 Å². The molecule has 2 aliphatic rings. The fourth-order valence-corrected chi connectivity index (χ4v) is 6.00. The normalized spacial score (nSPS) is 21.4. The smallest absolute Gasteiger partial charge is 0.416 e. The van der Waals surface area contributed by atoms with Crippen LogP contribution in [0.15, 0.2) is 72.9 Å². The van der Waals surface area contributed by atoms with Crippen molar-refractivity contribution in [3.8, 4) is 11.5 Å². The number of aromatic nitrogens is 1. The summed E-state index contributed by atoms with van der Waals surface area (Å²) in [5.41, 5.74) is 0.000576. The molecule has 0 radical (unpaired) electrons. The maximum atomic E-state index is 13.9. The largest absolute Gasteiger partial charge is 0.457 e. The molecule has 0 bridgehead atoms. The SMILES string of the molecule is CC(C)[C@@]1(C(=O)N2CCN(c3cc(C(F)(F)F)ccn3)CC2)CC[C@H](NCc2ccc(Oc3ccccc3)cc2)C1. The van der Waals surface area contributed by atoms with E-state index in [1.807, 2.05) is 52.3 Å². The number of hydrogen-bond acceptors (Lipinski definition) is 5. The molecule has 41 heavy (non-hydrogen) atoms. The minimum atomic E-state index is -4.41. The Balaban J connectivity index is 1.15. The lowest BCUT2D eigenvalue weighted by molar-refractivity contribution is -0.145. The van der Waals surface area contributed by atoms with Gasteiger partial charge in [-0.25, -0.2) is 4.98 Å². The average molecular weight is 567 g/mol. The topological polar surface area (TPSA) is 57.7 Å². The number of para-hydroxylation sites is 1. The first kappa shape index (κ1) is 28.9. The molecule has 0 spiro atoms. The second kappa shape index (κ2) is 12.1. The van der Waals surface area contributed by atoms with Crippen molar-refractivity contribution in [3.63, 3.8) is 0 Å². The van der Waals surface area contributed by atoms with Gasteiger partial charge in [0.1, 0.15) is 17.3 Å². The highest BCUT2D eigenvalue weighted by Gasteiger charge is 2.49. The van der Waals surface area contributed by atoms with Crippen LogP contribution in [-0.2, 0) is 17.5 Å².